The molecule has 0 heterocycles. The Kier molecular flexibility index (Phi) is 4.20. The van der Waals surface area contributed by atoms with Gasteiger partial charge in [0.25, 0.3) is 5.91 Å². The smallest absolute Gasteiger partial charge is 0.258 e. The third-order valence-corrected chi connectivity index (χ3v) is 3.38. The summed E-state index contributed by atoms with van der Waals surface area (Å²) in [7, 11) is 1.37. The van der Waals surface area contributed by atoms with Crippen molar-refractivity contribution >= 4 is 5.91 Å². The zero-order valence-electron chi connectivity index (χ0n) is 11.9. The summed E-state index contributed by atoms with van der Waals surface area (Å²) in [5, 5.41) is 12.6. The SMILES string of the molecule is COc1cccc(F)c1C(=O)NC(C)(C)C(C)(C)O. The highest BCUT2D eigenvalue weighted by atomic mass is 19.1. The van der Waals surface area contributed by atoms with Gasteiger partial charge in [0.2, 0.25) is 0 Å². The molecule has 0 fully saturated rings. The van der Waals surface area contributed by atoms with Crippen LogP contribution >= 0.6 is 0 Å². The Labute approximate surface area is 112 Å². The molecule has 2 N–H and O–H groups in total. The number of carbonyl (C=O) groups is 1. The summed E-state index contributed by atoms with van der Waals surface area (Å²) in [6, 6.07) is 4.16. The summed E-state index contributed by atoms with van der Waals surface area (Å²) in [5.74, 6) is -1.13. The Bertz CT molecular complexity index is 478. The average molecular weight is 269 g/mol. The van der Waals surface area contributed by atoms with Crippen molar-refractivity contribution in [3.63, 3.8) is 0 Å². The summed E-state index contributed by atoms with van der Waals surface area (Å²) >= 11 is 0. The van der Waals surface area contributed by atoms with E-state index in [1.165, 1.54) is 25.3 Å². The lowest BCUT2D eigenvalue weighted by atomic mass is 9.85. The van der Waals surface area contributed by atoms with Gasteiger partial charge in [0, 0.05) is 0 Å². The normalized spacial score (nSPS) is 12.2. The zero-order chi connectivity index (χ0) is 14.8. The standard InChI is InChI=1S/C14H20FNO3/c1-13(2,14(3,4)18)16-12(17)11-9(15)7-6-8-10(11)19-5/h6-8,18H,1-5H3,(H,16,17). The van der Waals surface area contributed by atoms with Crippen molar-refractivity contribution in [3.05, 3.63) is 29.6 Å². The predicted octanol–water partition coefficient (Wildman–Crippen LogP) is 2.11. The van der Waals surface area contributed by atoms with Crippen molar-refractivity contribution in [3.8, 4) is 5.75 Å². The molecule has 0 aliphatic rings. The van der Waals surface area contributed by atoms with E-state index in [1.807, 2.05) is 0 Å². The van der Waals surface area contributed by atoms with Gasteiger partial charge in [-0.1, -0.05) is 6.07 Å². The number of aliphatic hydroxyl groups is 1. The van der Waals surface area contributed by atoms with Crippen molar-refractivity contribution < 1.29 is 19.0 Å². The minimum atomic E-state index is -1.15. The first-order valence-electron chi connectivity index (χ1n) is 5.97. The Morgan fingerprint density at radius 3 is 2.37 bits per heavy atom. The van der Waals surface area contributed by atoms with Crippen molar-refractivity contribution in [1.82, 2.24) is 5.32 Å². The number of hydrogen-bond acceptors (Lipinski definition) is 3. The first kappa shape index (κ1) is 15.4. The second kappa shape index (κ2) is 5.17. The van der Waals surface area contributed by atoms with Crippen LogP contribution in [0.2, 0.25) is 0 Å². The Morgan fingerprint density at radius 1 is 1.32 bits per heavy atom. The van der Waals surface area contributed by atoms with Gasteiger partial charge >= 0.3 is 0 Å². The van der Waals surface area contributed by atoms with Gasteiger partial charge in [-0.25, -0.2) is 4.39 Å². The van der Waals surface area contributed by atoms with Gasteiger partial charge in [-0.3, -0.25) is 4.79 Å². The molecule has 0 radical (unpaired) electrons. The molecule has 0 aromatic heterocycles. The molecular weight excluding hydrogens is 249 g/mol. The van der Waals surface area contributed by atoms with Crippen molar-refractivity contribution in [2.24, 2.45) is 0 Å². The first-order valence-corrected chi connectivity index (χ1v) is 5.97. The molecule has 19 heavy (non-hydrogen) atoms. The van der Waals surface area contributed by atoms with Crippen LogP contribution in [0.25, 0.3) is 0 Å². The van der Waals surface area contributed by atoms with Gasteiger partial charge in [-0.15, -0.1) is 0 Å². The largest absolute Gasteiger partial charge is 0.496 e. The van der Waals surface area contributed by atoms with Crippen LogP contribution in [-0.4, -0.2) is 29.3 Å². The van der Waals surface area contributed by atoms with Crippen LogP contribution in [0.5, 0.6) is 5.75 Å². The van der Waals surface area contributed by atoms with Crippen LogP contribution in [0.3, 0.4) is 0 Å². The van der Waals surface area contributed by atoms with E-state index in [0.717, 1.165) is 0 Å². The number of nitrogens with one attached hydrogen (secondary N) is 1. The molecule has 0 aliphatic carbocycles. The summed E-state index contributed by atoms with van der Waals surface area (Å²) in [6.45, 7) is 6.48. The van der Waals surface area contributed by atoms with E-state index in [1.54, 1.807) is 27.7 Å². The first-order chi connectivity index (χ1) is 8.60. The monoisotopic (exact) mass is 269 g/mol. The molecule has 5 heteroatoms. The Balaban J connectivity index is 3.10. The van der Waals surface area contributed by atoms with E-state index < -0.39 is 22.9 Å². The van der Waals surface area contributed by atoms with E-state index in [0.29, 0.717) is 0 Å². The van der Waals surface area contributed by atoms with Gasteiger partial charge in [0.1, 0.15) is 17.1 Å². The number of ether oxygens (including phenoxy) is 1. The summed E-state index contributed by atoms with van der Waals surface area (Å²) in [6.07, 6.45) is 0. The lowest BCUT2D eigenvalue weighted by Crippen LogP contribution is -2.57. The minimum absolute atomic E-state index is 0.157. The number of benzene rings is 1. The van der Waals surface area contributed by atoms with E-state index >= 15 is 0 Å². The third kappa shape index (κ3) is 3.23. The fourth-order valence-corrected chi connectivity index (χ4v) is 1.39. The molecule has 0 atom stereocenters. The summed E-state index contributed by atoms with van der Waals surface area (Å²) in [5.41, 5.74) is -2.24. The molecule has 106 valence electrons. The molecule has 1 amide bonds. The third-order valence-electron chi connectivity index (χ3n) is 3.38. The van der Waals surface area contributed by atoms with Crippen LogP contribution in [0.4, 0.5) is 4.39 Å². The second-order valence-corrected chi connectivity index (χ2v) is 5.46. The quantitative estimate of drug-likeness (QED) is 0.880. The molecule has 0 saturated carbocycles. The maximum absolute atomic E-state index is 13.8. The van der Waals surface area contributed by atoms with Crippen LogP contribution in [0, 0.1) is 5.82 Å². The van der Waals surface area contributed by atoms with Crippen molar-refractivity contribution in [2.45, 2.75) is 38.8 Å². The van der Waals surface area contributed by atoms with Gasteiger partial charge in [-0.2, -0.15) is 0 Å². The molecule has 4 nitrogen and oxygen atoms in total. The lowest BCUT2D eigenvalue weighted by Gasteiger charge is -2.38. The highest BCUT2D eigenvalue weighted by Crippen LogP contribution is 2.25. The van der Waals surface area contributed by atoms with Crippen LogP contribution in [0.1, 0.15) is 38.1 Å². The van der Waals surface area contributed by atoms with E-state index in [-0.39, 0.29) is 11.3 Å². The summed E-state index contributed by atoms with van der Waals surface area (Å²) < 4.78 is 18.7. The van der Waals surface area contributed by atoms with Crippen LogP contribution < -0.4 is 10.1 Å². The van der Waals surface area contributed by atoms with Crippen molar-refractivity contribution in [1.29, 1.82) is 0 Å². The molecule has 0 bridgehead atoms. The highest BCUT2D eigenvalue weighted by molar-refractivity contribution is 5.97. The molecular formula is C14H20FNO3. The average Bonchev–Trinajstić information content (AvgIpc) is 2.26. The van der Waals surface area contributed by atoms with Gasteiger partial charge in [0.05, 0.1) is 18.2 Å². The second-order valence-electron chi connectivity index (χ2n) is 5.46. The molecule has 1 rings (SSSR count). The fraction of sp³-hybridized carbons (Fsp3) is 0.500. The maximum Gasteiger partial charge on any atom is 0.258 e. The van der Waals surface area contributed by atoms with E-state index in [9.17, 15) is 14.3 Å². The number of rotatable bonds is 4. The Hall–Kier alpha value is -1.62. The Morgan fingerprint density at radius 2 is 1.89 bits per heavy atom. The predicted molar refractivity (Wildman–Crippen MR) is 70.8 cm³/mol. The number of amides is 1. The van der Waals surface area contributed by atoms with Gasteiger partial charge in [-0.05, 0) is 39.8 Å². The summed E-state index contributed by atoms with van der Waals surface area (Å²) in [4.78, 5) is 12.2. The lowest BCUT2D eigenvalue weighted by molar-refractivity contribution is -0.00306. The molecule has 0 spiro atoms. The topological polar surface area (TPSA) is 58.6 Å². The number of methoxy groups -OCH3 is 1. The molecule has 1 aromatic rings. The van der Waals surface area contributed by atoms with Crippen LogP contribution in [-0.2, 0) is 0 Å². The molecule has 0 aliphatic heterocycles. The van der Waals surface area contributed by atoms with Gasteiger partial charge < -0.3 is 15.2 Å². The number of hydrogen-bond donors (Lipinski definition) is 2. The van der Waals surface area contributed by atoms with Crippen LogP contribution in [0.15, 0.2) is 18.2 Å². The molecule has 0 unspecified atom stereocenters. The zero-order valence-corrected chi connectivity index (χ0v) is 11.9. The van der Waals surface area contributed by atoms with E-state index in [4.69, 9.17) is 4.74 Å². The minimum Gasteiger partial charge on any atom is -0.496 e. The number of carbonyl (C=O) groups excluding carboxylic acids is 1. The number of halogens is 1. The van der Waals surface area contributed by atoms with Gasteiger partial charge in [0.15, 0.2) is 0 Å². The maximum atomic E-state index is 13.8. The van der Waals surface area contributed by atoms with Crippen molar-refractivity contribution in [2.75, 3.05) is 7.11 Å². The molecule has 1 aromatic carbocycles. The highest BCUT2D eigenvalue weighted by Gasteiger charge is 2.37. The molecule has 0 saturated heterocycles. The van der Waals surface area contributed by atoms with E-state index in [2.05, 4.69) is 5.32 Å². The fourth-order valence-electron chi connectivity index (χ4n) is 1.39.